The zero-order chi connectivity index (χ0) is 20.2. The minimum absolute atomic E-state index is 0.0162. The molecular formula is C20H23NO5S. The average Bonchev–Trinajstić information content (AvgIpc) is 2.57. The lowest BCUT2D eigenvalue weighted by Gasteiger charge is -2.13. The van der Waals surface area contributed by atoms with Crippen LogP contribution in [0.2, 0.25) is 0 Å². The van der Waals surface area contributed by atoms with Crippen LogP contribution < -0.4 is 4.72 Å². The maximum absolute atomic E-state index is 12.6. The smallest absolute Gasteiger partial charge is 0.303 e. The number of carbonyl (C=O) groups is 2. The zero-order valence-corrected chi connectivity index (χ0v) is 16.4. The van der Waals surface area contributed by atoms with Gasteiger partial charge < -0.3 is 5.11 Å². The Balaban J connectivity index is 2.07. The van der Waals surface area contributed by atoms with Gasteiger partial charge >= 0.3 is 5.97 Å². The SMILES string of the molecule is Cc1cc(C)c(S(=O)(=O)NCC(=O)c2ccc(CCC(=O)O)cc2)c(C)c1. The first-order chi connectivity index (χ1) is 12.6. The molecule has 0 saturated carbocycles. The van der Waals surface area contributed by atoms with Crippen molar-refractivity contribution in [3.05, 3.63) is 64.2 Å². The highest BCUT2D eigenvalue weighted by Gasteiger charge is 2.21. The summed E-state index contributed by atoms with van der Waals surface area (Å²) in [6.45, 7) is 5.01. The molecule has 144 valence electrons. The standard InChI is InChI=1S/C20H23NO5S/c1-13-10-14(2)20(15(3)11-13)27(25,26)21-12-18(22)17-7-4-16(5-8-17)6-9-19(23)24/h4-5,7-8,10-11,21H,6,9,12H2,1-3H3,(H,23,24). The van der Waals surface area contributed by atoms with Gasteiger partial charge in [0.1, 0.15) is 0 Å². The third-order valence-corrected chi connectivity index (χ3v) is 5.91. The molecule has 0 saturated heterocycles. The number of carbonyl (C=O) groups excluding carboxylic acids is 1. The second-order valence-electron chi connectivity index (χ2n) is 6.57. The van der Waals surface area contributed by atoms with Crippen LogP contribution >= 0.6 is 0 Å². The Kier molecular flexibility index (Phi) is 6.51. The number of sulfonamides is 1. The molecule has 2 aromatic carbocycles. The third kappa shape index (κ3) is 5.48. The van der Waals surface area contributed by atoms with Crippen molar-refractivity contribution in [3.63, 3.8) is 0 Å². The zero-order valence-electron chi connectivity index (χ0n) is 15.6. The molecule has 0 aliphatic heterocycles. The number of aryl methyl sites for hydroxylation is 4. The van der Waals surface area contributed by atoms with E-state index in [1.54, 1.807) is 50.2 Å². The fourth-order valence-corrected chi connectivity index (χ4v) is 4.47. The first-order valence-electron chi connectivity index (χ1n) is 8.51. The lowest BCUT2D eigenvalue weighted by atomic mass is 10.1. The summed E-state index contributed by atoms with van der Waals surface area (Å²) in [7, 11) is -3.80. The number of carboxylic acids is 1. The lowest BCUT2D eigenvalue weighted by molar-refractivity contribution is -0.136. The van der Waals surface area contributed by atoms with E-state index in [0.29, 0.717) is 23.1 Å². The number of carboxylic acid groups (broad SMARTS) is 1. The van der Waals surface area contributed by atoms with Crippen molar-refractivity contribution in [3.8, 4) is 0 Å². The Morgan fingerprint density at radius 3 is 2.07 bits per heavy atom. The largest absolute Gasteiger partial charge is 0.481 e. The summed E-state index contributed by atoms with van der Waals surface area (Å²) < 4.78 is 27.6. The molecule has 2 rings (SSSR count). The third-order valence-electron chi connectivity index (χ3n) is 4.20. The number of Topliss-reactive ketones (excluding diaryl/α,β-unsaturated/α-hetero) is 1. The fraction of sp³-hybridized carbons (Fsp3) is 0.300. The van der Waals surface area contributed by atoms with Crippen LogP contribution in [-0.2, 0) is 21.2 Å². The van der Waals surface area contributed by atoms with Crippen LogP contribution in [-0.4, -0.2) is 31.8 Å². The number of ketones is 1. The van der Waals surface area contributed by atoms with Gasteiger partial charge in [0.15, 0.2) is 5.78 Å². The topological polar surface area (TPSA) is 101 Å². The van der Waals surface area contributed by atoms with Gasteiger partial charge in [-0.15, -0.1) is 0 Å². The van der Waals surface area contributed by atoms with Gasteiger partial charge in [0.05, 0.1) is 11.4 Å². The predicted molar refractivity (Wildman–Crippen MR) is 103 cm³/mol. The molecule has 6 nitrogen and oxygen atoms in total. The summed E-state index contributed by atoms with van der Waals surface area (Å²) >= 11 is 0. The van der Waals surface area contributed by atoms with Gasteiger partial charge in [-0.3, -0.25) is 9.59 Å². The number of rotatable bonds is 8. The number of hydrogen-bond donors (Lipinski definition) is 2. The van der Waals surface area contributed by atoms with Crippen molar-refractivity contribution in [2.24, 2.45) is 0 Å². The van der Waals surface area contributed by atoms with Crippen LogP contribution in [0, 0.1) is 20.8 Å². The summed E-state index contributed by atoms with van der Waals surface area (Å²) in [4.78, 5) is 23.1. The van der Waals surface area contributed by atoms with Crippen molar-refractivity contribution in [2.75, 3.05) is 6.54 Å². The number of hydrogen-bond acceptors (Lipinski definition) is 4. The van der Waals surface area contributed by atoms with E-state index in [0.717, 1.165) is 11.1 Å². The molecule has 0 spiro atoms. The molecule has 7 heteroatoms. The van der Waals surface area contributed by atoms with E-state index in [1.165, 1.54) is 0 Å². The Hall–Kier alpha value is -2.51. The fourth-order valence-electron chi connectivity index (χ4n) is 3.03. The molecule has 0 amide bonds. The number of aliphatic carboxylic acids is 1. The Bertz CT molecular complexity index is 939. The molecule has 0 radical (unpaired) electrons. The summed E-state index contributed by atoms with van der Waals surface area (Å²) in [5.41, 5.74) is 3.42. The van der Waals surface area contributed by atoms with Crippen LogP contribution in [0.5, 0.6) is 0 Å². The van der Waals surface area contributed by atoms with Crippen LogP contribution in [0.3, 0.4) is 0 Å². The lowest BCUT2D eigenvalue weighted by Crippen LogP contribution is -2.30. The summed E-state index contributed by atoms with van der Waals surface area (Å²) in [5.74, 6) is -1.24. The van der Waals surface area contributed by atoms with Crippen molar-refractivity contribution in [1.29, 1.82) is 0 Å². The molecule has 0 fully saturated rings. The number of nitrogens with one attached hydrogen (secondary N) is 1. The Morgan fingerprint density at radius 1 is 1.00 bits per heavy atom. The van der Waals surface area contributed by atoms with Gasteiger partial charge in [0.25, 0.3) is 0 Å². The first kappa shape index (κ1) is 20.8. The van der Waals surface area contributed by atoms with Crippen molar-refractivity contribution in [1.82, 2.24) is 4.72 Å². The Morgan fingerprint density at radius 2 is 1.56 bits per heavy atom. The quantitative estimate of drug-likeness (QED) is 0.676. The van der Waals surface area contributed by atoms with E-state index in [2.05, 4.69) is 4.72 Å². The van der Waals surface area contributed by atoms with Crippen LogP contribution in [0.1, 0.15) is 39.0 Å². The Labute approximate surface area is 159 Å². The van der Waals surface area contributed by atoms with E-state index < -0.39 is 16.0 Å². The normalized spacial score (nSPS) is 11.4. The molecule has 2 aromatic rings. The van der Waals surface area contributed by atoms with Crippen LogP contribution in [0.4, 0.5) is 0 Å². The highest BCUT2D eigenvalue weighted by molar-refractivity contribution is 7.89. The molecule has 0 bridgehead atoms. The highest BCUT2D eigenvalue weighted by Crippen LogP contribution is 2.21. The highest BCUT2D eigenvalue weighted by atomic mass is 32.2. The van der Waals surface area contributed by atoms with Crippen molar-refractivity contribution in [2.45, 2.75) is 38.5 Å². The van der Waals surface area contributed by atoms with Gasteiger partial charge in [-0.25, -0.2) is 13.1 Å². The molecule has 0 heterocycles. The van der Waals surface area contributed by atoms with E-state index in [1.807, 2.05) is 6.92 Å². The second-order valence-corrected chi connectivity index (χ2v) is 8.27. The maximum Gasteiger partial charge on any atom is 0.303 e. The van der Waals surface area contributed by atoms with Crippen molar-refractivity contribution < 1.29 is 23.1 Å². The minimum atomic E-state index is -3.80. The average molecular weight is 389 g/mol. The molecule has 0 atom stereocenters. The molecule has 2 N–H and O–H groups in total. The van der Waals surface area contributed by atoms with Gasteiger partial charge in [-0.05, 0) is 43.9 Å². The molecular weight excluding hydrogens is 366 g/mol. The molecule has 27 heavy (non-hydrogen) atoms. The summed E-state index contributed by atoms with van der Waals surface area (Å²) in [6, 6.07) is 10.1. The molecule has 0 aromatic heterocycles. The minimum Gasteiger partial charge on any atom is -0.481 e. The van der Waals surface area contributed by atoms with Gasteiger partial charge in [-0.1, -0.05) is 42.0 Å². The molecule has 0 aliphatic rings. The van der Waals surface area contributed by atoms with Gasteiger partial charge in [0, 0.05) is 12.0 Å². The summed E-state index contributed by atoms with van der Waals surface area (Å²) in [6.07, 6.45) is 0.394. The number of benzene rings is 2. The van der Waals surface area contributed by atoms with Crippen LogP contribution in [0.15, 0.2) is 41.3 Å². The van der Waals surface area contributed by atoms with E-state index in [4.69, 9.17) is 5.11 Å². The second kappa shape index (κ2) is 8.45. The van der Waals surface area contributed by atoms with Gasteiger partial charge in [0.2, 0.25) is 10.0 Å². The van der Waals surface area contributed by atoms with E-state index in [9.17, 15) is 18.0 Å². The predicted octanol–water partition coefficient (Wildman–Crippen LogP) is 2.79. The monoisotopic (exact) mass is 389 g/mol. The van der Waals surface area contributed by atoms with Crippen LogP contribution in [0.25, 0.3) is 0 Å². The maximum atomic E-state index is 12.6. The van der Waals surface area contributed by atoms with E-state index in [-0.39, 0.29) is 23.6 Å². The van der Waals surface area contributed by atoms with Gasteiger partial charge in [-0.2, -0.15) is 0 Å². The summed E-state index contributed by atoms with van der Waals surface area (Å²) in [5, 5.41) is 8.69. The molecule has 0 unspecified atom stereocenters. The van der Waals surface area contributed by atoms with Crippen molar-refractivity contribution >= 4 is 21.8 Å². The first-order valence-corrected chi connectivity index (χ1v) is 10.00. The van der Waals surface area contributed by atoms with E-state index >= 15 is 0 Å². The molecule has 0 aliphatic carbocycles.